The lowest BCUT2D eigenvalue weighted by atomic mass is 10.2. The minimum absolute atomic E-state index is 1.14. The van der Waals surface area contributed by atoms with Gasteiger partial charge in [-0.2, -0.15) is 0 Å². The third-order valence-electron chi connectivity index (χ3n) is 6.53. The molecule has 0 unspecified atom stereocenters. The number of allylic oxidation sites excluding steroid dienone is 4. The Hall–Kier alpha value is -2.14. The molecule has 3 aromatic rings. The SMILES string of the molecule is Cl[Si]12c3ccccc3[Si](C3=CCCC=C3)(c3ccccc31)c1ccccc12. The molecule has 3 heteroatoms. The average molecular weight is 399 g/mol. The average Bonchev–Trinajstić information content (AvgIpc) is 2.75. The van der Waals surface area contributed by atoms with E-state index in [0.29, 0.717) is 0 Å². The highest BCUT2D eigenvalue weighted by Crippen LogP contribution is 2.29. The first kappa shape index (κ1) is 15.9. The fourth-order valence-electron chi connectivity index (χ4n) is 5.56. The van der Waals surface area contributed by atoms with Crippen molar-refractivity contribution in [1.82, 2.24) is 0 Å². The molecule has 4 aliphatic rings. The number of hydrogen-bond acceptors (Lipinski definition) is 0. The Bertz CT molecular complexity index is 1040. The van der Waals surface area contributed by atoms with E-state index in [1.165, 1.54) is 36.3 Å². The summed E-state index contributed by atoms with van der Waals surface area (Å²) in [5.74, 6) is 0. The van der Waals surface area contributed by atoms with E-state index in [1.54, 1.807) is 0 Å². The predicted octanol–water partition coefficient (Wildman–Crippen LogP) is 1.80. The zero-order chi connectivity index (χ0) is 18.1. The number of benzene rings is 3. The zero-order valence-electron chi connectivity index (χ0n) is 15.0. The summed E-state index contributed by atoms with van der Waals surface area (Å²) in [4.78, 5) is 0. The molecule has 2 bridgehead atoms. The largest absolute Gasteiger partial charge is 0.247 e. The van der Waals surface area contributed by atoms with Gasteiger partial charge < -0.3 is 0 Å². The van der Waals surface area contributed by atoms with Gasteiger partial charge in [0.15, 0.2) is 8.07 Å². The van der Waals surface area contributed by atoms with Crippen molar-refractivity contribution in [3.05, 3.63) is 96.2 Å². The summed E-state index contributed by atoms with van der Waals surface area (Å²) in [5.41, 5.74) is 0. The second kappa shape index (κ2) is 5.45. The minimum atomic E-state index is -2.46. The van der Waals surface area contributed by atoms with Crippen molar-refractivity contribution in [2.24, 2.45) is 0 Å². The molecule has 0 N–H and O–H groups in total. The lowest BCUT2D eigenvalue weighted by Gasteiger charge is -2.52. The van der Waals surface area contributed by atoms with Crippen molar-refractivity contribution < 1.29 is 0 Å². The van der Waals surface area contributed by atoms with Gasteiger partial charge in [-0.25, -0.2) is 0 Å². The molecule has 0 amide bonds. The predicted molar refractivity (Wildman–Crippen MR) is 121 cm³/mol. The Labute approximate surface area is 166 Å². The highest BCUT2D eigenvalue weighted by atomic mass is 35.6. The van der Waals surface area contributed by atoms with E-state index < -0.39 is 15.5 Å². The summed E-state index contributed by atoms with van der Waals surface area (Å²) in [6, 6.07) is 27.2. The van der Waals surface area contributed by atoms with Gasteiger partial charge in [-0.1, -0.05) is 91.0 Å². The maximum absolute atomic E-state index is 7.71. The summed E-state index contributed by atoms with van der Waals surface area (Å²) in [5, 5.41) is 10.4. The topological polar surface area (TPSA) is 0 Å². The number of rotatable bonds is 1. The van der Waals surface area contributed by atoms with Gasteiger partial charge in [-0.15, -0.1) is 11.1 Å². The molecule has 0 fully saturated rings. The van der Waals surface area contributed by atoms with Crippen LogP contribution < -0.4 is 31.1 Å². The van der Waals surface area contributed by atoms with Crippen molar-refractivity contribution >= 4 is 57.7 Å². The first-order chi connectivity index (χ1) is 13.3. The van der Waals surface area contributed by atoms with Crippen molar-refractivity contribution in [2.75, 3.05) is 0 Å². The van der Waals surface area contributed by atoms with Crippen LogP contribution in [0.1, 0.15) is 12.8 Å². The zero-order valence-corrected chi connectivity index (χ0v) is 17.7. The van der Waals surface area contributed by atoms with Gasteiger partial charge in [0.1, 0.15) is 0 Å². The Morgan fingerprint density at radius 3 is 1.44 bits per heavy atom. The Balaban J connectivity index is 1.87. The normalized spacial score (nSPS) is 26.8. The molecule has 3 aliphatic heterocycles. The maximum Gasteiger partial charge on any atom is 0.247 e. The molecule has 0 nitrogen and oxygen atoms in total. The summed E-state index contributed by atoms with van der Waals surface area (Å²) >= 11 is 7.71. The van der Waals surface area contributed by atoms with Crippen LogP contribution in [0.15, 0.2) is 96.2 Å². The standard InChI is InChI=1S/C24H19ClSi2/c25-27-22-15-7-4-12-19(22)26(18-10-2-1-3-11-18,20-13-5-8-16-23(20)27)21-14-6-9-17-24(21)27/h2,4-17H,1,3H2. The van der Waals surface area contributed by atoms with Crippen LogP contribution in [0.25, 0.3) is 0 Å². The van der Waals surface area contributed by atoms with E-state index in [1.807, 2.05) is 0 Å². The third-order valence-corrected chi connectivity index (χ3v) is 17.6. The van der Waals surface area contributed by atoms with Gasteiger partial charge in [0, 0.05) is 0 Å². The molecule has 3 aromatic carbocycles. The third kappa shape index (κ3) is 1.74. The van der Waals surface area contributed by atoms with Crippen LogP contribution in [-0.4, -0.2) is 15.5 Å². The summed E-state index contributed by atoms with van der Waals surface area (Å²) in [6.07, 6.45) is 9.56. The molecule has 3 heterocycles. The lowest BCUT2D eigenvalue weighted by Crippen LogP contribution is -2.94. The monoisotopic (exact) mass is 398 g/mol. The van der Waals surface area contributed by atoms with Crippen LogP contribution in [0.4, 0.5) is 0 Å². The molecule has 7 rings (SSSR count). The fourth-order valence-corrected chi connectivity index (χ4v) is 19.5. The smallest absolute Gasteiger partial charge is 0.149 e. The highest BCUT2D eigenvalue weighted by molar-refractivity contribution is 7.48. The number of halogens is 1. The van der Waals surface area contributed by atoms with Crippen molar-refractivity contribution in [1.29, 1.82) is 0 Å². The number of hydrogen-bond donors (Lipinski definition) is 0. The Morgan fingerprint density at radius 1 is 0.593 bits per heavy atom. The van der Waals surface area contributed by atoms with E-state index in [2.05, 4.69) is 91.0 Å². The summed E-state index contributed by atoms with van der Waals surface area (Å²) < 4.78 is 0. The van der Waals surface area contributed by atoms with Crippen LogP contribution in [-0.2, 0) is 0 Å². The molecule has 0 radical (unpaired) electrons. The quantitative estimate of drug-likeness (QED) is 0.433. The van der Waals surface area contributed by atoms with E-state index in [0.717, 1.165) is 12.8 Å². The first-order valence-corrected chi connectivity index (χ1v) is 14.7. The first-order valence-electron chi connectivity index (χ1n) is 9.65. The second-order valence-corrected chi connectivity index (χ2v) is 16.0. The molecule has 27 heavy (non-hydrogen) atoms. The van der Waals surface area contributed by atoms with Gasteiger partial charge in [0.25, 0.3) is 0 Å². The molecule has 0 atom stereocenters. The molecule has 0 aromatic heterocycles. The molecule has 1 aliphatic carbocycles. The fraction of sp³-hybridized carbons (Fsp3) is 0.0833. The van der Waals surface area contributed by atoms with Gasteiger partial charge in [0.2, 0.25) is 7.38 Å². The minimum Gasteiger partial charge on any atom is -0.149 e. The molecule has 0 spiro atoms. The second-order valence-electron chi connectivity index (χ2n) is 7.68. The molecular weight excluding hydrogens is 380 g/mol. The van der Waals surface area contributed by atoms with Crippen LogP contribution in [0.5, 0.6) is 0 Å². The summed E-state index contributed by atoms with van der Waals surface area (Å²) in [6.45, 7) is 0. The summed E-state index contributed by atoms with van der Waals surface area (Å²) in [7, 11) is -4.74. The van der Waals surface area contributed by atoms with E-state index in [-0.39, 0.29) is 0 Å². The highest BCUT2D eigenvalue weighted by Gasteiger charge is 2.61. The Kier molecular flexibility index (Phi) is 3.20. The van der Waals surface area contributed by atoms with E-state index in [4.69, 9.17) is 11.1 Å². The van der Waals surface area contributed by atoms with Crippen LogP contribution in [0, 0.1) is 0 Å². The molecule has 0 saturated heterocycles. The van der Waals surface area contributed by atoms with Crippen LogP contribution >= 0.6 is 11.1 Å². The molecular formula is C24H19ClSi2. The van der Waals surface area contributed by atoms with Crippen molar-refractivity contribution in [3.63, 3.8) is 0 Å². The van der Waals surface area contributed by atoms with Crippen molar-refractivity contribution in [3.8, 4) is 0 Å². The van der Waals surface area contributed by atoms with Crippen LogP contribution in [0.2, 0.25) is 0 Å². The van der Waals surface area contributed by atoms with Gasteiger partial charge in [0.05, 0.1) is 0 Å². The maximum atomic E-state index is 7.71. The van der Waals surface area contributed by atoms with Gasteiger partial charge in [-0.3, -0.25) is 0 Å². The van der Waals surface area contributed by atoms with E-state index >= 15 is 0 Å². The van der Waals surface area contributed by atoms with E-state index in [9.17, 15) is 0 Å². The van der Waals surface area contributed by atoms with Gasteiger partial charge >= 0.3 is 0 Å². The van der Waals surface area contributed by atoms with Crippen LogP contribution in [0.3, 0.4) is 0 Å². The lowest BCUT2D eigenvalue weighted by molar-refractivity contribution is 1.03. The van der Waals surface area contributed by atoms with Crippen molar-refractivity contribution in [2.45, 2.75) is 12.8 Å². The van der Waals surface area contributed by atoms with Gasteiger partial charge in [-0.05, 0) is 49.2 Å². The Morgan fingerprint density at radius 2 is 1.04 bits per heavy atom. The molecule has 130 valence electrons. The molecule has 0 saturated carbocycles.